The molecular formula is C21H14N4O3. The van der Waals surface area contributed by atoms with E-state index in [2.05, 4.69) is 15.1 Å². The van der Waals surface area contributed by atoms with E-state index >= 15 is 0 Å². The second kappa shape index (κ2) is 7.24. The summed E-state index contributed by atoms with van der Waals surface area (Å²) in [5.41, 5.74) is 1.60. The van der Waals surface area contributed by atoms with Gasteiger partial charge in [-0.25, -0.2) is 9.67 Å². The maximum Gasteiger partial charge on any atom is 0.278 e. The van der Waals surface area contributed by atoms with Gasteiger partial charge in [0.2, 0.25) is 5.78 Å². The largest absolute Gasteiger partial charge is 0.319 e. The van der Waals surface area contributed by atoms with Crippen molar-refractivity contribution in [1.82, 2.24) is 19.7 Å². The number of hydrogen-bond acceptors (Lipinski definition) is 5. The molecule has 4 aromatic rings. The van der Waals surface area contributed by atoms with Gasteiger partial charge in [-0.15, -0.1) is 0 Å². The molecule has 0 saturated carbocycles. The Morgan fingerprint density at radius 2 is 1.79 bits per heavy atom. The van der Waals surface area contributed by atoms with Crippen LogP contribution in [0.25, 0.3) is 17.1 Å². The van der Waals surface area contributed by atoms with Crippen molar-refractivity contribution >= 4 is 28.8 Å². The molecule has 0 saturated heterocycles. The summed E-state index contributed by atoms with van der Waals surface area (Å²) in [4.78, 5) is 43.5. The number of ketones is 1. The Bertz CT molecular complexity index is 1250. The van der Waals surface area contributed by atoms with Crippen LogP contribution in [-0.4, -0.2) is 31.4 Å². The van der Waals surface area contributed by atoms with Crippen molar-refractivity contribution < 1.29 is 9.59 Å². The molecule has 2 aromatic heterocycles. The third kappa shape index (κ3) is 3.41. The highest BCUT2D eigenvalue weighted by Gasteiger charge is 2.11. The average Bonchev–Trinajstić information content (AvgIpc) is 3.26. The Balaban J connectivity index is 1.54. The third-order valence-electron chi connectivity index (χ3n) is 4.13. The average molecular weight is 370 g/mol. The fraction of sp³-hybridized carbons (Fsp3) is 0. The molecule has 2 heterocycles. The molecule has 0 amide bonds. The Morgan fingerprint density at radius 3 is 2.54 bits per heavy atom. The summed E-state index contributed by atoms with van der Waals surface area (Å²) in [6.45, 7) is 0. The molecule has 0 unspecified atom stereocenters. The molecule has 1 N–H and O–H groups in total. The van der Waals surface area contributed by atoms with Crippen LogP contribution >= 0.6 is 0 Å². The molecule has 7 heteroatoms. The number of fused-ring (bicyclic) bond motifs is 1. The van der Waals surface area contributed by atoms with Crippen molar-refractivity contribution in [3.8, 4) is 0 Å². The second-order valence-corrected chi connectivity index (χ2v) is 6.01. The predicted molar refractivity (Wildman–Crippen MR) is 104 cm³/mol. The van der Waals surface area contributed by atoms with E-state index in [9.17, 15) is 14.4 Å². The molecule has 0 bridgehead atoms. The Kier molecular flexibility index (Phi) is 4.47. The van der Waals surface area contributed by atoms with E-state index in [0.29, 0.717) is 22.2 Å². The number of aromatic nitrogens is 4. The SMILES string of the molecule is O=C(C=Cc1ccc(C(=O)n2cccn2)cc1)c1nc2ccccc2[nH]c1=O. The van der Waals surface area contributed by atoms with Crippen LogP contribution in [0.5, 0.6) is 0 Å². The first-order chi connectivity index (χ1) is 13.6. The molecule has 0 aliphatic rings. The summed E-state index contributed by atoms with van der Waals surface area (Å²) < 4.78 is 1.24. The number of carbonyl (C=O) groups is 2. The van der Waals surface area contributed by atoms with Gasteiger partial charge >= 0.3 is 0 Å². The highest BCUT2D eigenvalue weighted by molar-refractivity contribution is 6.06. The molecule has 0 aliphatic heterocycles. The van der Waals surface area contributed by atoms with E-state index in [1.165, 1.54) is 17.0 Å². The fourth-order valence-corrected chi connectivity index (χ4v) is 2.71. The fourth-order valence-electron chi connectivity index (χ4n) is 2.71. The van der Waals surface area contributed by atoms with Crippen molar-refractivity contribution in [1.29, 1.82) is 0 Å². The zero-order chi connectivity index (χ0) is 19.5. The summed E-state index contributed by atoms with van der Waals surface area (Å²) in [7, 11) is 0. The highest BCUT2D eigenvalue weighted by atomic mass is 16.2. The lowest BCUT2D eigenvalue weighted by molar-refractivity contribution is 0.0944. The Morgan fingerprint density at radius 1 is 1.00 bits per heavy atom. The number of carbonyl (C=O) groups excluding carboxylic acids is 2. The van der Waals surface area contributed by atoms with Gasteiger partial charge in [0, 0.05) is 18.0 Å². The number of rotatable bonds is 4. The van der Waals surface area contributed by atoms with E-state index in [-0.39, 0.29) is 11.6 Å². The van der Waals surface area contributed by atoms with Crippen LogP contribution in [0.4, 0.5) is 0 Å². The number of benzene rings is 2. The van der Waals surface area contributed by atoms with Gasteiger partial charge in [0.05, 0.1) is 11.0 Å². The van der Waals surface area contributed by atoms with E-state index in [0.717, 1.165) is 0 Å². The lowest BCUT2D eigenvalue weighted by Gasteiger charge is -2.01. The van der Waals surface area contributed by atoms with E-state index in [1.807, 2.05) is 0 Å². The smallest absolute Gasteiger partial charge is 0.278 e. The quantitative estimate of drug-likeness (QED) is 0.440. The lowest BCUT2D eigenvalue weighted by Crippen LogP contribution is -2.18. The molecule has 2 aromatic carbocycles. The Labute approximate surface area is 159 Å². The molecule has 0 atom stereocenters. The normalized spacial score (nSPS) is 11.1. The molecule has 0 fully saturated rings. The molecule has 0 spiro atoms. The topological polar surface area (TPSA) is 97.7 Å². The van der Waals surface area contributed by atoms with Gasteiger partial charge in [0.1, 0.15) is 0 Å². The second-order valence-electron chi connectivity index (χ2n) is 6.01. The summed E-state index contributed by atoms with van der Waals surface area (Å²) in [5.74, 6) is -0.743. The maximum absolute atomic E-state index is 12.4. The number of nitrogens with one attached hydrogen (secondary N) is 1. The number of allylic oxidation sites excluding steroid dienone is 1. The third-order valence-corrected chi connectivity index (χ3v) is 4.13. The van der Waals surface area contributed by atoms with Gasteiger partial charge in [-0.2, -0.15) is 5.10 Å². The van der Waals surface area contributed by atoms with Crippen LogP contribution in [0, 0.1) is 0 Å². The molecule has 0 radical (unpaired) electrons. The highest BCUT2D eigenvalue weighted by Crippen LogP contribution is 2.10. The van der Waals surface area contributed by atoms with Crippen LogP contribution in [0.3, 0.4) is 0 Å². The van der Waals surface area contributed by atoms with Crippen molar-refractivity contribution in [2.75, 3.05) is 0 Å². The summed E-state index contributed by atoms with van der Waals surface area (Å²) in [6.07, 6.45) is 5.96. The zero-order valence-electron chi connectivity index (χ0n) is 14.6. The first-order valence-corrected chi connectivity index (χ1v) is 8.48. The van der Waals surface area contributed by atoms with E-state index < -0.39 is 11.3 Å². The zero-order valence-corrected chi connectivity index (χ0v) is 14.6. The maximum atomic E-state index is 12.4. The molecule has 4 rings (SSSR count). The molecule has 0 aliphatic carbocycles. The summed E-state index contributed by atoms with van der Waals surface area (Å²) in [5, 5.41) is 3.91. The minimum Gasteiger partial charge on any atom is -0.319 e. The lowest BCUT2D eigenvalue weighted by atomic mass is 10.1. The van der Waals surface area contributed by atoms with E-state index in [1.54, 1.807) is 66.9 Å². The first-order valence-electron chi connectivity index (χ1n) is 8.48. The van der Waals surface area contributed by atoms with Crippen molar-refractivity contribution in [2.24, 2.45) is 0 Å². The van der Waals surface area contributed by atoms with Crippen LogP contribution in [-0.2, 0) is 0 Å². The molecule has 7 nitrogen and oxygen atoms in total. The summed E-state index contributed by atoms with van der Waals surface area (Å²) in [6, 6.07) is 15.4. The minimum atomic E-state index is -0.534. The van der Waals surface area contributed by atoms with E-state index in [4.69, 9.17) is 0 Å². The van der Waals surface area contributed by atoms with Crippen LogP contribution in [0.1, 0.15) is 26.4 Å². The molecule has 28 heavy (non-hydrogen) atoms. The Hall–Kier alpha value is -4.13. The van der Waals surface area contributed by atoms with Crippen molar-refractivity contribution in [3.05, 3.63) is 100 Å². The molecular weight excluding hydrogens is 356 g/mol. The number of para-hydroxylation sites is 2. The number of H-pyrrole nitrogens is 1. The van der Waals surface area contributed by atoms with Gasteiger partial charge in [0.15, 0.2) is 5.69 Å². The number of aromatic amines is 1. The minimum absolute atomic E-state index is 0.166. The van der Waals surface area contributed by atoms with Gasteiger partial charge in [-0.1, -0.05) is 30.3 Å². The molecule has 136 valence electrons. The predicted octanol–water partition coefficient (Wildman–Crippen LogP) is 2.70. The van der Waals surface area contributed by atoms with Gasteiger partial charge < -0.3 is 4.98 Å². The van der Waals surface area contributed by atoms with Gasteiger partial charge in [-0.3, -0.25) is 14.4 Å². The standard InChI is InChI=1S/C21H14N4O3/c26-18(19-20(27)24-17-5-2-1-4-16(17)23-19)11-8-14-6-9-15(10-7-14)21(28)25-13-3-12-22-25/h1-13H,(H,24,27). The van der Waals surface area contributed by atoms with Crippen molar-refractivity contribution in [2.45, 2.75) is 0 Å². The monoisotopic (exact) mass is 370 g/mol. The number of hydrogen-bond donors (Lipinski definition) is 1. The van der Waals surface area contributed by atoms with Gasteiger partial charge in [0.25, 0.3) is 11.5 Å². The number of nitrogens with zero attached hydrogens (tertiary/aromatic N) is 3. The van der Waals surface area contributed by atoms with Gasteiger partial charge in [-0.05, 0) is 42.0 Å². The first kappa shape index (κ1) is 17.3. The van der Waals surface area contributed by atoms with Crippen LogP contribution in [0.2, 0.25) is 0 Å². The van der Waals surface area contributed by atoms with Crippen LogP contribution < -0.4 is 5.56 Å². The summed E-state index contributed by atoms with van der Waals surface area (Å²) >= 11 is 0. The van der Waals surface area contributed by atoms with Crippen molar-refractivity contribution in [3.63, 3.8) is 0 Å². The van der Waals surface area contributed by atoms with Crippen LogP contribution in [0.15, 0.2) is 77.9 Å².